The second-order valence-electron chi connectivity index (χ2n) is 29.2. The first-order chi connectivity index (χ1) is 55.6. The van der Waals surface area contributed by atoms with Crippen LogP contribution in [0.15, 0.2) is 6.20 Å². The van der Waals surface area contributed by atoms with Crippen LogP contribution < -0.4 is 0 Å². The number of halogens is 18. The lowest BCUT2D eigenvalue weighted by Crippen LogP contribution is -2.26. The van der Waals surface area contributed by atoms with Crippen LogP contribution in [-0.2, 0) is 89.0 Å². The minimum atomic E-state index is -2.75. The van der Waals surface area contributed by atoms with Gasteiger partial charge < -0.3 is 48.6 Å². The predicted molar refractivity (Wildman–Crippen MR) is 516 cm³/mol. The number of aromatic nitrogens is 12. The molecule has 5 unspecified atom stereocenters. The summed E-state index contributed by atoms with van der Waals surface area (Å²) in [4.78, 5) is 86.9. The summed E-state index contributed by atoms with van der Waals surface area (Å²) in [5.74, 6) is -15.8. The van der Waals surface area contributed by atoms with Gasteiger partial charge >= 0.3 is 0 Å². The number of aliphatic hydroxyl groups is 1. The van der Waals surface area contributed by atoms with Crippen molar-refractivity contribution in [3.63, 3.8) is 0 Å². The van der Waals surface area contributed by atoms with Crippen molar-refractivity contribution in [1.29, 1.82) is 0 Å². The summed E-state index contributed by atoms with van der Waals surface area (Å²) in [5.41, 5.74) is 5.86. The largest absolute Gasteiger partial charge is 0.377 e. The Morgan fingerprint density at radius 1 is 0.434 bits per heavy atom. The summed E-state index contributed by atoms with van der Waals surface area (Å²) in [6.45, 7) is 16.1. The number of rotatable bonds is 26. The molecule has 0 saturated carbocycles. The lowest BCUT2D eigenvalue weighted by Gasteiger charge is -2.18. The van der Waals surface area contributed by atoms with Gasteiger partial charge in [-0.1, -0.05) is 181 Å². The second kappa shape index (κ2) is 54.3. The van der Waals surface area contributed by atoms with E-state index in [1.54, 1.807) is 72.5 Å². The molecule has 0 radical (unpaired) electrons. The number of carbonyl (C=O) groups excluding carboxylic acids is 5. The van der Waals surface area contributed by atoms with Crippen molar-refractivity contribution in [2.75, 3.05) is 76.3 Å². The van der Waals surface area contributed by atoms with Crippen LogP contribution in [0.4, 0.5) is 43.9 Å². The van der Waals surface area contributed by atoms with Gasteiger partial charge in [-0.15, -0.1) is 11.6 Å². The fraction of sp³-hybridized carbons (Fsp3) is 0.712. The number of hydrogen-bond acceptors (Lipinski definition) is 22. The van der Waals surface area contributed by atoms with E-state index in [1.807, 2.05) is 33.9 Å². The number of carbonyl (C=O) groups is 5. The molecule has 8 aromatic rings. The standard InChI is InChI=1S/3C15H20F2N4O2S.C8H12ClF2NO.C8H13F2NO2.C7H9N3OS.CHI3.CH2I2.3CH4.I2/c3*1-9-11(21-14(18-9)24-12(19-21)8-23-3)7-20-6-10(4-13(20)22)5-15(2,16)17;1-8(10,11)3-6-2-7(13)12(4-6)5-9;1-8(9,10)3-6-2-7(13)11(4-6)5-12;1-5-3-10-7(8-5)12-6(9-10)4-11-2;2-1(3)4;2-1-3;;;;1-2/h3*10H,4-8H2,1-3H3;6H,2-5H2,1H3;6,12H,2-5H2,1H3;3H,4H2,1-2H3;1H;1H2;3*1H4;. The Morgan fingerprint density at radius 3 is 0.885 bits per heavy atom. The van der Waals surface area contributed by atoms with Gasteiger partial charge in [0.05, 0.1) is 101 Å². The van der Waals surface area contributed by atoms with Crippen LogP contribution in [0, 0.1) is 57.3 Å². The molecular weight excluding hydrogens is 2520 g/mol. The zero-order chi connectivity index (χ0) is 89.4. The number of alkyl halides is 16. The van der Waals surface area contributed by atoms with Gasteiger partial charge in [0.1, 0.15) is 26.7 Å². The highest BCUT2D eigenvalue weighted by Gasteiger charge is 2.41. The molecular formula is C73H109ClF10I7N17O10S4. The Morgan fingerprint density at radius 2 is 0.664 bits per heavy atom. The van der Waals surface area contributed by atoms with Crippen molar-refractivity contribution in [3.8, 4) is 0 Å². The highest BCUT2D eigenvalue weighted by atomic mass is 128. The third-order valence-corrected chi connectivity index (χ3v) is 21.8. The van der Waals surface area contributed by atoms with E-state index in [0.29, 0.717) is 72.2 Å². The monoisotopic (exact) mass is 2630 g/mol. The number of amides is 5. The van der Waals surface area contributed by atoms with Crippen LogP contribution >= 0.6 is 207 Å². The zero-order valence-corrected chi connectivity index (χ0v) is 86.5. The molecule has 1 N–H and O–H groups in total. The van der Waals surface area contributed by atoms with E-state index < -0.39 is 29.6 Å². The van der Waals surface area contributed by atoms with Crippen LogP contribution in [-0.4, -0.2) is 223 Å². The minimum absolute atomic E-state index is 0. The number of aliphatic hydroxyl groups excluding tert-OH is 1. The predicted octanol–water partition coefficient (Wildman–Crippen LogP) is 20.1. The highest BCUT2D eigenvalue weighted by Crippen LogP contribution is 2.37. The van der Waals surface area contributed by atoms with Gasteiger partial charge in [-0.05, 0) is 91.9 Å². The molecule has 696 valence electrons. The van der Waals surface area contributed by atoms with E-state index in [9.17, 15) is 67.9 Å². The van der Waals surface area contributed by atoms with Gasteiger partial charge in [0.2, 0.25) is 79.0 Å². The number of imidazole rings is 4. The van der Waals surface area contributed by atoms with Gasteiger partial charge in [-0.3, -0.25) is 24.0 Å². The number of likely N-dealkylation sites (tertiary alicyclic amines) is 5. The van der Waals surface area contributed by atoms with Crippen LogP contribution in [0.3, 0.4) is 0 Å². The first-order valence-corrected chi connectivity index (χ1v) is 53.4. The van der Waals surface area contributed by atoms with E-state index in [1.165, 1.54) is 46.2 Å². The third-order valence-electron chi connectivity index (χ3n) is 17.9. The maximum atomic E-state index is 13.2. The molecule has 5 saturated heterocycles. The number of aryl methyl sites for hydroxylation is 4. The fourth-order valence-corrected chi connectivity index (χ4v) is 17.6. The van der Waals surface area contributed by atoms with Gasteiger partial charge in [0.25, 0.3) is 0 Å². The molecule has 0 bridgehead atoms. The van der Waals surface area contributed by atoms with Crippen LogP contribution in [0.25, 0.3) is 19.8 Å². The molecule has 0 spiro atoms. The normalized spacial score (nSPS) is 17.9. The smallest absolute Gasteiger partial charge is 0.245 e. The van der Waals surface area contributed by atoms with Crippen molar-refractivity contribution < 1.29 is 91.9 Å². The van der Waals surface area contributed by atoms with Crippen molar-refractivity contribution >= 4 is 257 Å². The van der Waals surface area contributed by atoms with E-state index >= 15 is 0 Å². The second-order valence-corrected chi connectivity index (χ2v) is 49.0. The molecule has 5 fully saturated rings. The maximum Gasteiger partial charge on any atom is 0.245 e. The van der Waals surface area contributed by atoms with Crippen molar-refractivity contribution in [1.82, 2.24) is 82.9 Å². The van der Waals surface area contributed by atoms with E-state index in [4.69, 9.17) is 35.7 Å². The van der Waals surface area contributed by atoms with Crippen LogP contribution in [0.5, 0.6) is 0 Å². The summed E-state index contributed by atoms with van der Waals surface area (Å²) < 4.78 is 158. The first kappa shape index (κ1) is 116. The molecule has 49 heteroatoms. The molecule has 13 heterocycles. The van der Waals surface area contributed by atoms with Gasteiger partial charge in [-0.25, -0.2) is 81.9 Å². The van der Waals surface area contributed by atoms with Gasteiger partial charge in [0, 0.05) is 163 Å². The number of ether oxygens (including phenoxy) is 4. The highest BCUT2D eigenvalue weighted by molar-refractivity contribution is 15.0. The number of fused-ring (bicyclic) bond motifs is 4. The fourth-order valence-electron chi connectivity index (χ4n) is 13.7. The molecule has 5 atom stereocenters. The number of nitrogens with zero attached hydrogens (tertiary/aromatic N) is 17. The molecule has 0 aromatic carbocycles. The van der Waals surface area contributed by atoms with E-state index in [-0.39, 0.29) is 165 Å². The summed E-state index contributed by atoms with van der Waals surface area (Å²) in [6.07, 6.45) is 1.48. The lowest BCUT2D eigenvalue weighted by molar-refractivity contribution is -0.131. The Balaban J connectivity index is 0.000000493. The molecule has 0 aliphatic carbocycles. The first-order valence-electron chi connectivity index (χ1n) is 36.5. The van der Waals surface area contributed by atoms with Gasteiger partial charge in [-0.2, -0.15) is 20.4 Å². The third kappa shape index (κ3) is 39.4. The summed E-state index contributed by atoms with van der Waals surface area (Å²) in [7, 11) is 6.46. The Bertz CT molecular complexity index is 4140. The van der Waals surface area contributed by atoms with E-state index in [0.717, 1.165) is 114 Å². The van der Waals surface area contributed by atoms with Crippen molar-refractivity contribution in [2.45, 2.75) is 224 Å². The number of hydrogen-bond donors (Lipinski definition) is 1. The average Bonchev–Trinajstić information content (AvgIpc) is 1.64. The lowest BCUT2D eigenvalue weighted by atomic mass is 10.0. The zero-order valence-electron chi connectivity index (χ0n) is 67.4. The number of methoxy groups -OCH3 is 4. The molecule has 5 aliphatic rings. The summed E-state index contributed by atoms with van der Waals surface area (Å²) in [6, 6.07) is 0.102. The molecule has 8 aromatic heterocycles. The SMILES string of the molecule is C.C.C.CC(F)(F)CC1CC(=O)N(CCl)C1.CC(F)(F)CC1CC(=O)N(CO)C1.COCc1nn2c(CN3CC(CC(C)(F)F)CC3=O)c(C)nc2s1.COCc1nn2c(CN3CC(CC(C)(F)F)CC3=O)c(C)nc2s1.COCc1nn2c(CN3CC(CC(C)(F)F)CC3=O)c(C)nc2s1.COCc1nn2cc(C)nc2s1.IC(I)I.ICI.II. The van der Waals surface area contributed by atoms with Gasteiger partial charge in [0.15, 0.2) is 0 Å². The Hall–Kier alpha value is -1.75. The van der Waals surface area contributed by atoms with Crippen molar-refractivity contribution in [2.24, 2.45) is 29.6 Å². The summed E-state index contributed by atoms with van der Waals surface area (Å²) in [5, 5.41) is 29.7. The summed E-state index contributed by atoms with van der Waals surface area (Å²) >= 11 is 27.1. The molecule has 13 rings (SSSR count). The topological polar surface area (TPSA) is 279 Å². The van der Waals surface area contributed by atoms with E-state index in [2.05, 4.69) is 191 Å². The molecule has 5 amide bonds. The van der Waals surface area contributed by atoms with Crippen LogP contribution in [0.1, 0.15) is 181 Å². The quantitative estimate of drug-likeness (QED) is 0.0228. The average molecular weight is 2630 g/mol. The molecule has 27 nitrogen and oxygen atoms in total. The molecule has 122 heavy (non-hydrogen) atoms. The maximum absolute atomic E-state index is 13.2. The minimum Gasteiger partial charge on any atom is -0.377 e. The Kier molecular flexibility index (Phi) is 51.8. The Labute approximate surface area is 818 Å². The van der Waals surface area contributed by atoms with Crippen molar-refractivity contribution in [3.05, 3.63) is 66.1 Å². The molecule has 5 aliphatic heterocycles. The van der Waals surface area contributed by atoms with Crippen LogP contribution in [0.2, 0.25) is 0 Å².